The number of benzene rings is 2. The van der Waals surface area contributed by atoms with Crippen LogP contribution < -0.4 is 0 Å². The van der Waals surface area contributed by atoms with Crippen molar-refractivity contribution >= 4 is 26.7 Å². The van der Waals surface area contributed by atoms with Gasteiger partial charge >= 0.3 is 0 Å². The Morgan fingerprint density at radius 3 is 2.53 bits per heavy atom. The number of hydrogen-bond acceptors (Lipinski definition) is 0. The SMILES string of the molecule is F[C@H](CBr)Cc1ccc2ccccc2c1. The first-order chi connectivity index (χ1) is 7.29. The minimum absolute atomic E-state index is 0.403. The molecule has 0 unspecified atom stereocenters. The van der Waals surface area contributed by atoms with E-state index in [9.17, 15) is 4.39 Å². The number of rotatable bonds is 3. The fourth-order valence-electron chi connectivity index (χ4n) is 1.68. The third kappa shape index (κ3) is 2.57. The minimum Gasteiger partial charge on any atom is -0.246 e. The van der Waals surface area contributed by atoms with Crippen LogP contribution in [0.4, 0.5) is 4.39 Å². The lowest BCUT2D eigenvalue weighted by Crippen LogP contribution is -2.05. The van der Waals surface area contributed by atoms with Gasteiger partial charge in [0.25, 0.3) is 0 Å². The topological polar surface area (TPSA) is 0 Å². The van der Waals surface area contributed by atoms with Gasteiger partial charge in [0.15, 0.2) is 0 Å². The molecule has 0 heterocycles. The molecule has 0 aliphatic carbocycles. The summed E-state index contributed by atoms with van der Waals surface area (Å²) in [6.07, 6.45) is -0.318. The third-order valence-corrected chi connectivity index (χ3v) is 3.14. The summed E-state index contributed by atoms with van der Waals surface area (Å²) in [6.45, 7) is 0. The summed E-state index contributed by atoms with van der Waals surface area (Å²) in [7, 11) is 0. The van der Waals surface area contributed by atoms with Crippen LogP contribution in [0.5, 0.6) is 0 Å². The highest BCUT2D eigenvalue weighted by molar-refractivity contribution is 9.09. The van der Waals surface area contributed by atoms with Gasteiger partial charge in [-0.05, 0) is 16.3 Å². The smallest absolute Gasteiger partial charge is 0.114 e. The average molecular weight is 267 g/mol. The molecule has 0 aliphatic rings. The zero-order valence-electron chi connectivity index (χ0n) is 8.29. The molecule has 1 atom stereocenters. The Hall–Kier alpha value is -0.890. The molecular weight excluding hydrogens is 255 g/mol. The van der Waals surface area contributed by atoms with Crippen molar-refractivity contribution in [1.29, 1.82) is 0 Å². The van der Waals surface area contributed by atoms with Crippen LogP contribution in [-0.4, -0.2) is 11.5 Å². The van der Waals surface area contributed by atoms with Crippen LogP contribution in [0.2, 0.25) is 0 Å². The van der Waals surface area contributed by atoms with Crippen molar-refractivity contribution in [1.82, 2.24) is 0 Å². The summed E-state index contributed by atoms with van der Waals surface area (Å²) in [6, 6.07) is 14.2. The number of halogens is 2. The average Bonchev–Trinajstić information content (AvgIpc) is 2.29. The Morgan fingerprint density at radius 2 is 1.80 bits per heavy atom. The van der Waals surface area contributed by atoms with Crippen LogP contribution >= 0.6 is 15.9 Å². The molecule has 0 spiro atoms. The van der Waals surface area contributed by atoms with Crippen LogP contribution in [0.15, 0.2) is 42.5 Å². The van der Waals surface area contributed by atoms with Crippen molar-refractivity contribution in [3.05, 3.63) is 48.0 Å². The van der Waals surface area contributed by atoms with Crippen molar-refractivity contribution in [3.8, 4) is 0 Å². The summed E-state index contributed by atoms with van der Waals surface area (Å²) in [5.74, 6) is 0. The molecule has 0 N–H and O–H groups in total. The van der Waals surface area contributed by atoms with Crippen LogP contribution in [0, 0.1) is 0 Å². The normalized spacial score (nSPS) is 12.9. The van der Waals surface area contributed by atoms with E-state index in [4.69, 9.17) is 0 Å². The number of hydrogen-bond donors (Lipinski definition) is 0. The van der Waals surface area contributed by atoms with Gasteiger partial charge in [-0.3, -0.25) is 0 Å². The molecule has 15 heavy (non-hydrogen) atoms. The molecule has 78 valence electrons. The van der Waals surface area contributed by atoms with E-state index in [0.717, 1.165) is 5.56 Å². The van der Waals surface area contributed by atoms with E-state index in [1.165, 1.54) is 10.8 Å². The maximum atomic E-state index is 13.2. The first-order valence-corrected chi connectivity index (χ1v) is 6.09. The molecule has 2 aromatic rings. The zero-order valence-corrected chi connectivity index (χ0v) is 9.87. The number of alkyl halides is 2. The van der Waals surface area contributed by atoms with Crippen molar-refractivity contribution < 1.29 is 4.39 Å². The molecule has 0 amide bonds. The van der Waals surface area contributed by atoms with Gasteiger partial charge in [-0.15, -0.1) is 0 Å². The summed E-state index contributed by atoms with van der Waals surface area (Å²) in [5, 5.41) is 2.78. The molecule has 0 aromatic heterocycles. The van der Waals surface area contributed by atoms with Gasteiger partial charge in [-0.1, -0.05) is 58.4 Å². The predicted octanol–water partition coefficient (Wildman–Crippen LogP) is 4.12. The minimum atomic E-state index is -0.800. The lowest BCUT2D eigenvalue weighted by Gasteiger charge is -2.05. The van der Waals surface area contributed by atoms with E-state index in [0.29, 0.717) is 11.8 Å². The van der Waals surface area contributed by atoms with E-state index in [1.54, 1.807) is 0 Å². The Bertz CT molecular complexity index is 453. The Balaban J connectivity index is 2.30. The molecule has 2 rings (SSSR count). The van der Waals surface area contributed by atoms with Gasteiger partial charge in [0.05, 0.1) is 0 Å². The zero-order chi connectivity index (χ0) is 10.7. The summed E-state index contributed by atoms with van der Waals surface area (Å²) >= 11 is 3.15. The molecule has 2 aromatic carbocycles. The maximum Gasteiger partial charge on any atom is 0.114 e. The standard InChI is InChI=1S/C13H12BrF/c14-9-13(15)8-10-5-6-11-3-1-2-4-12(11)7-10/h1-7,13H,8-9H2/t13-/m0/s1. The number of fused-ring (bicyclic) bond motifs is 1. The van der Waals surface area contributed by atoms with Gasteiger partial charge in [-0.25, -0.2) is 4.39 Å². The van der Waals surface area contributed by atoms with Crippen LogP contribution in [-0.2, 0) is 6.42 Å². The second-order valence-electron chi connectivity index (χ2n) is 3.64. The summed E-state index contributed by atoms with van der Waals surface area (Å²) in [4.78, 5) is 0. The Labute approximate surface area is 97.2 Å². The van der Waals surface area contributed by atoms with Gasteiger partial charge in [-0.2, -0.15) is 0 Å². The lowest BCUT2D eigenvalue weighted by molar-refractivity contribution is 0.368. The maximum absolute atomic E-state index is 13.2. The van der Waals surface area contributed by atoms with Crippen molar-refractivity contribution in [2.75, 3.05) is 5.33 Å². The molecule has 0 bridgehead atoms. The van der Waals surface area contributed by atoms with Crippen molar-refractivity contribution in [2.45, 2.75) is 12.6 Å². The molecule has 0 nitrogen and oxygen atoms in total. The van der Waals surface area contributed by atoms with Gasteiger partial charge in [0.1, 0.15) is 6.17 Å². The second-order valence-corrected chi connectivity index (χ2v) is 4.28. The molecule has 0 fully saturated rings. The Kier molecular flexibility index (Phi) is 3.37. The van der Waals surface area contributed by atoms with E-state index < -0.39 is 6.17 Å². The summed E-state index contributed by atoms with van der Waals surface area (Å²) in [5.41, 5.74) is 1.06. The van der Waals surface area contributed by atoms with Gasteiger partial charge < -0.3 is 0 Å². The van der Waals surface area contributed by atoms with Crippen LogP contribution in [0.25, 0.3) is 10.8 Å². The molecule has 0 saturated carbocycles. The predicted molar refractivity (Wildman–Crippen MR) is 66.3 cm³/mol. The van der Waals surface area contributed by atoms with Crippen molar-refractivity contribution in [2.24, 2.45) is 0 Å². The Morgan fingerprint density at radius 1 is 1.07 bits per heavy atom. The van der Waals surface area contributed by atoms with E-state index in [2.05, 4.69) is 34.1 Å². The van der Waals surface area contributed by atoms with Gasteiger partial charge in [0, 0.05) is 11.8 Å². The first-order valence-electron chi connectivity index (χ1n) is 4.97. The molecule has 0 saturated heterocycles. The van der Waals surface area contributed by atoms with E-state index >= 15 is 0 Å². The third-order valence-electron chi connectivity index (χ3n) is 2.44. The second kappa shape index (κ2) is 4.75. The molecule has 0 aliphatic heterocycles. The molecule has 0 radical (unpaired) electrons. The fraction of sp³-hybridized carbons (Fsp3) is 0.231. The van der Waals surface area contributed by atoms with Gasteiger partial charge in [0.2, 0.25) is 0 Å². The quantitative estimate of drug-likeness (QED) is 0.734. The monoisotopic (exact) mass is 266 g/mol. The highest BCUT2D eigenvalue weighted by Gasteiger charge is 2.05. The molecular formula is C13H12BrF. The van der Waals surface area contributed by atoms with E-state index in [-0.39, 0.29) is 0 Å². The lowest BCUT2D eigenvalue weighted by atomic mass is 10.0. The van der Waals surface area contributed by atoms with Crippen LogP contribution in [0.1, 0.15) is 5.56 Å². The molecule has 2 heteroatoms. The van der Waals surface area contributed by atoms with Crippen molar-refractivity contribution in [3.63, 3.8) is 0 Å². The largest absolute Gasteiger partial charge is 0.246 e. The highest BCUT2D eigenvalue weighted by atomic mass is 79.9. The van der Waals surface area contributed by atoms with E-state index in [1.807, 2.05) is 24.3 Å². The fourth-order valence-corrected chi connectivity index (χ4v) is 1.90. The highest BCUT2D eigenvalue weighted by Crippen LogP contribution is 2.17. The van der Waals surface area contributed by atoms with Crippen LogP contribution in [0.3, 0.4) is 0 Å². The summed E-state index contributed by atoms with van der Waals surface area (Å²) < 4.78 is 13.2. The first kappa shape index (κ1) is 10.6.